The zero-order chi connectivity index (χ0) is 27.2. The number of benzene rings is 2. The largest absolute Gasteiger partial charge is 0.115 e. The van der Waals surface area contributed by atoms with Gasteiger partial charge >= 0.3 is 0 Å². The lowest BCUT2D eigenvalue weighted by molar-refractivity contribution is 1.09. The minimum atomic E-state index is 0.211. The summed E-state index contributed by atoms with van der Waals surface area (Å²) in [4.78, 5) is 0. The van der Waals surface area contributed by atoms with Crippen molar-refractivity contribution in [2.24, 2.45) is 0 Å². The molecule has 2 aromatic rings. The maximum Gasteiger partial charge on any atom is 0.0217 e. The van der Waals surface area contributed by atoms with E-state index < -0.39 is 0 Å². The Bertz CT molecular complexity index is 1430. The summed E-state index contributed by atoms with van der Waals surface area (Å²) in [5.74, 6) is 2.73. The number of rotatable bonds is 11. The fraction of sp³-hybridized carbons (Fsp3) is 0.105. The lowest BCUT2D eigenvalue weighted by Gasteiger charge is -2.13. The summed E-state index contributed by atoms with van der Waals surface area (Å²) in [6.07, 6.45) is 34.8. The Balaban J connectivity index is 1.91. The van der Waals surface area contributed by atoms with Gasteiger partial charge in [-0.2, -0.15) is 0 Å². The fourth-order valence-electron chi connectivity index (χ4n) is 4.55. The van der Waals surface area contributed by atoms with Crippen molar-refractivity contribution in [1.82, 2.24) is 0 Å². The van der Waals surface area contributed by atoms with Gasteiger partial charge in [-0.3, -0.25) is 0 Å². The van der Waals surface area contributed by atoms with Crippen LogP contribution in [-0.2, 0) is 6.42 Å². The summed E-state index contributed by atoms with van der Waals surface area (Å²) < 4.78 is 0. The molecule has 0 heterocycles. The van der Waals surface area contributed by atoms with E-state index in [0.29, 0.717) is 0 Å². The fourth-order valence-corrected chi connectivity index (χ4v) is 4.55. The molecule has 1 aliphatic carbocycles. The van der Waals surface area contributed by atoms with Crippen molar-refractivity contribution in [3.63, 3.8) is 0 Å². The van der Waals surface area contributed by atoms with Crippen molar-refractivity contribution in [3.05, 3.63) is 180 Å². The zero-order valence-corrected chi connectivity index (χ0v) is 22.5. The maximum atomic E-state index is 5.29. The van der Waals surface area contributed by atoms with Gasteiger partial charge in [-0.25, -0.2) is 0 Å². The molecule has 0 fully saturated rings. The molecule has 3 rings (SSSR count). The maximum absolute atomic E-state index is 5.29. The lowest BCUT2D eigenvalue weighted by atomic mass is 9.91. The first-order valence-electron chi connectivity index (χ1n) is 12.9. The van der Waals surface area contributed by atoms with E-state index in [1.54, 1.807) is 12.2 Å². The van der Waals surface area contributed by atoms with Gasteiger partial charge in [0.15, 0.2) is 0 Å². The molecular weight excluding hydrogens is 456 g/mol. The third kappa shape index (κ3) is 7.70. The van der Waals surface area contributed by atoms with Crippen LogP contribution in [0, 0.1) is 12.3 Å². The normalized spacial score (nSPS) is 16.4. The third-order valence-electron chi connectivity index (χ3n) is 6.40. The van der Waals surface area contributed by atoms with E-state index in [0.717, 1.165) is 12.0 Å². The Hall–Kier alpha value is -4.60. The predicted molar refractivity (Wildman–Crippen MR) is 169 cm³/mol. The van der Waals surface area contributed by atoms with Crippen LogP contribution < -0.4 is 0 Å². The van der Waals surface area contributed by atoms with Crippen LogP contribution in [0.4, 0.5) is 0 Å². The molecule has 0 amide bonds. The summed E-state index contributed by atoms with van der Waals surface area (Å²) in [6.45, 7) is 12.1. The monoisotopic (exact) mass is 492 g/mol. The molecule has 0 saturated heterocycles. The van der Waals surface area contributed by atoms with E-state index in [1.807, 2.05) is 30.4 Å². The van der Waals surface area contributed by atoms with Crippen LogP contribution >= 0.6 is 0 Å². The van der Waals surface area contributed by atoms with E-state index in [2.05, 4.69) is 124 Å². The van der Waals surface area contributed by atoms with Crippen LogP contribution in [0.25, 0.3) is 11.1 Å². The van der Waals surface area contributed by atoms with Gasteiger partial charge in [0, 0.05) is 5.92 Å². The van der Waals surface area contributed by atoms with Crippen LogP contribution in [0.5, 0.6) is 0 Å². The molecule has 0 heteroatoms. The molecule has 0 bridgehead atoms. The minimum Gasteiger partial charge on any atom is -0.115 e. The van der Waals surface area contributed by atoms with Gasteiger partial charge < -0.3 is 0 Å². The SMILES string of the molecule is C#C/C=C\C=C/Cc1ccccc1/C(C)=C/C(=C\C=C)C1=CC(c2ccccc2/C(C)=C/C=C\C=C)C=C1. The quantitative estimate of drug-likeness (QED) is 0.216. The number of hydrogen-bond acceptors (Lipinski definition) is 0. The van der Waals surface area contributed by atoms with E-state index in [9.17, 15) is 0 Å². The van der Waals surface area contributed by atoms with Crippen molar-refractivity contribution in [2.45, 2.75) is 26.2 Å². The van der Waals surface area contributed by atoms with Crippen molar-refractivity contribution in [3.8, 4) is 12.3 Å². The Kier molecular flexibility index (Phi) is 10.9. The van der Waals surface area contributed by atoms with Crippen LogP contribution in [0.2, 0.25) is 0 Å². The molecule has 0 saturated carbocycles. The standard InChI is InChI=1S/C38H36/c1-6-9-11-12-14-21-32-22-15-16-23-36(32)31(5)28-33(19-8-3)34-26-27-35(29-34)38-25-18-17-24-37(38)30(4)20-13-10-7-2/h1,7-20,22-29,35H,2-3,21H2,4-5H3/b11-9-,13-10-,14-12-,30-20+,31-28+,33-19+. The molecule has 0 aromatic heterocycles. The average Bonchev–Trinajstić information content (AvgIpc) is 3.43. The topological polar surface area (TPSA) is 0 Å². The zero-order valence-electron chi connectivity index (χ0n) is 22.5. The molecule has 0 aliphatic heterocycles. The van der Waals surface area contributed by atoms with Crippen LogP contribution in [0.1, 0.15) is 42.0 Å². The van der Waals surface area contributed by atoms with Gasteiger partial charge in [0.2, 0.25) is 0 Å². The highest BCUT2D eigenvalue weighted by atomic mass is 14.2. The van der Waals surface area contributed by atoms with Gasteiger partial charge in [0.25, 0.3) is 0 Å². The van der Waals surface area contributed by atoms with Gasteiger partial charge in [-0.1, -0.05) is 147 Å². The first-order chi connectivity index (χ1) is 18.6. The minimum absolute atomic E-state index is 0.211. The molecule has 38 heavy (non-hydrogen) atoms. The molecule has 0 spiro atoms. The molecular formula is C38H36. The second-order valence-electron chi connectivity index (χ2n) is 9.06. The lowest BCUT2D eigenvalue weighted by Crippen LogP contribution is -1.95. The number of hydrogen-bond donors (Lipinski definition) is 0. The van der Waals surface area contributed by atoms with E-state index >= 15 is 0 Å². The van der Waals surface area contributed by atoms with E-state index in [1.165, 1.54) is 39.0 Å². The molecule has 188 valence electrons. The first kappa shape index (κ1) is 28.0. The number of allylic oxidation sites excluding steroid dienone is 18. The highest BCUT2D eigenvalue weighted by Crippen LogP contribution is 2.35. The van der Waals surface area contributed by atoms with Gasteiger partial charge in [-0.15, -0.1) is 6.42 Å². The highest BCUT2D eigenvalue weighted by Gasteiger charge is 2.17. The summed E-state index contributed by atoms with van der Waals surface area (Å²) in [6, 6.07) is 17.2. The number of terminal acetylenes is 1. The van der Waals surface area contributed by atoms with Crippen LogP contribution in [0.3, 0.4) is 0 Å². The highest BCUT2D eigenvalue weighted by molar-refractivity contribution is 5.73. The molecule has 1 unspecified atom stereocenters. The van der Waals surface area contributed by atoms with Gasteiger partial charge in [0.05, 0.1) is 0 Å². The summed E-state index contributed by atoms with van der Waals surface area (Å²) in [5, 5.41) is 0. The summed E-state index contributed by atoms with van der Waals surface area (Å²) in [7, 11) is 0. The first-order valence-corrected chi connectivity index (χ1v) is 12.9. The molecule has 1 atom stereocenters. The van der Waals surface area contributed by atoms with Crippen LogP contribution in [-0.4, -0.2) is 0 Å². The van der Waals surface area contributed by atoms with E-state index in [4.69, 9.17) is 6.42 Å². The summed E-state index contributed by atoms with van der Waals surface area (Å²) >= 11 is 0. The van der Waals surface area contributed by atoms with E-state index in [-0.39, 0.29) is 5.92 Å². The Morgan fingerprint density at radius 3 is 2.39 bits per heavy atom. The van der Waals surface area contributed by atoms with Crippen molar-refractivity contribution in [1.29, 1.82) is 0 Å². The van der Waals surface area contributed by atoms with Crippen molar-refractivity contribution >= 4 is 11.1 Å². The smallest absolute Gasteiger partial charge is 0.0217 e. The van der Waals surface area contributed by atoms with Crippen LogP contribution in [0.15, 0.2) is 158 Å². The average molecular weight is 493 g/mol. The Labute approximate surface area is 229 Å². The second kappa shape index (κ2) is 14.8. The predicted octanol–water partition coefficient (Wildman–Crippen LogP) is 9.92. The molecule has 0 N–H and O–H groups in total. The van der Waals surface area contributed by atoms with Crippen molar-refractivity contribution in [2.75, 3.05) is 0 Å². The Morgan fingerprint density at radius 2 is 1.63 bits per heavy atom. The third-order valence-corrected chi connectivity index (χ3v) is 6.40. The molecule has 0 nitrogen and oxygen atoms in total. The molecule has 1 aliphatic rings. The molecule has 0 radical (unpaired) electrons. The Morgan fingerprint density at radius 1 is 0.868 bits per heavy atom. The molecule has 2 aromatic carbocycles. The second-order valence-corrected chi connectivity index (χ2v) is 9.06. The van der Waals surface area contributed by atoms with Gasteiger partial charge in [-0.05, 0) is 70.9 Å². The summed E-state index contributed by atoms with van der Waals surface area (Å²) in [5.41, 5.74) is 9.87. The van der Waals surface area contributed by atoms with Gasteiger partial charge in [0.1, 0.15) is 0 Å². The van der Waals surface area contributed by atoms with Crippen molar-refractivity contribution < 1.29 is 0 Å².